The number of nitrogens with one attached hydrogen (secondary N) is 1. The summed E-state index contributed by atoms with van der Waals surface area (Å²) in [6, 6.07) is 23.1. The molecule has 0 bridgehead atoms. The van der Waals surface area contributed by atoms with Crippen molar-refractivity contribution in [2.45, 2.75) is 59.9 Å². The first-order valence-corrected chi connectivity index (χ1v) is 19.5. The van der Waals surface area contributed by atoms with Gasteiger partial charge >= 0.3 is 16.2 Å². The molecule has 14 heteroatoms. The first-order valence-electron chi connectivity index (χ1n) is 15.7. The predicted octanol–water partition coefficient (Wildman–Crippen LogP) is 9.93. The van der Waals surface area contributed by atoms with E-state index in [0.29, 0.717) is 19.8 Å². The molecule has 11 nitrogen and oxygen atoms in total. The van der Waals surface area contributed by atoms with Crippen LogP contribution in [0.15, 0.2) is 77.3 Å². The van der Waals surface area contributed by atoms with E-state index in [1.54, 1.807) is 21.3 Å². The van der Waals surface area contributed by atoms with Crippen LogP contribution >= 0.6 is 24.7 Å². The zero-order valence-electron chi connectivity index (χ0n) is 28.3. The number of methoxy groups -OCH3 is 3. The van der Waals surface area contributed by atoms with E-state index in [2.05, 4.69) is 4.86 Å². The van der Waals surface area contributed by atoms with Crippen molar-refractivity contribution in [3.8, 4) is 17.2 Å². The quantitative estimate of drug-likeness (QED) is 0.0903. The van der Waals surface area contributed by atoms with Gasteiger partial charge in [-0.15, -0.1) is 9.05 Å². The van der Waals surface area contributed by atoms with Gasteiger partial charge in [-0.1, -0.05) is 57.2 Å². The summed E-state index contributed by atoms with van der Waals surface area (Å²) >= 11 is 0. The number of hydrogen-bond acceptors (Lipinski definition) is 11. The van der Waals surface area contributed by atoms with E-state index in [9.17, 15) is 0 Å². The van der Waals surface area contributed by atoms with Gasteiger partial charge in [0, 0.05) is 0 Å². The van der Waals surface area contributed by atoms with Gasteiger partial charge in [-0.05, 0) is 77.2 Å². The van der Waals surface area contributed by atoms with E-state index in [-0.39, 0.29) is 19.8 Å². The summed E-state index contributed by atoms with van der Waals surface area (Å²) in [6.07, 6.45) is 2.31. The molecule has 0 heterocycles. The Bertz CT molecular complexity index is 1350. The minimum Gasteiger partial charge on any atom is -0.497 e. The number of nitrogens with zero attached hydrogens (tertiary/aromatic N) is 1. The van der Waals surface area contributed by atoms with Crippen molar-refractivity contribution in [3.63, 3.8) is 0 Å². The van der Waals surface area contributed by atoms with Crippen molar-refractivity contribution in [1.82, 2.24) is 4.86 Å². The van der Waals surface area contributed by atoms with Crippen LogP contribution in [0.4, 0.5) is 0 Å². The van der Waals surface area contributed by atoms with E-state index in [1.807, 2.05) is 93.6 Å². The van der Waals surface area contributed by atoms with E-state index >= 15 is 0 Å². The van der Waals surface area contributed by atoms with Crippen LogP contribution in [0.3, 0.4) is 0 Å². The first-order chi connectivity index (χ1) is 23.0. The Morgan fingerprint density at radius 3 is 1.68 bits per heavy atom. The smallest absolute Gasteiger partial charge is 0.497 e. The molecule has 0 fully saturated rings. The number of hydrogen-bond donors (Lipinski definition) is 1. The molecule has 0 amide bonds. The summed E-state index contributed by atoms with van der Waals surface area (Å²) in [7, 11) is -1.97. The summed E-state index contributed by atoms with van der Waals surface area (Å²) < 4.78 is 59.5. The van der Waals surface area contributed by atoms with E-state index < -0.39 is 24.7 Å². The second-order valence-corrected chi connectivity index (χ2v) is 15.2. The minimum atomic E-state index is -3.33. The van der Waals surface area contributed by atoms with E-state index in [1.165, 1.54) is 0 Å². The van der Waals surface area contributed by atoms with Gasteiger partial charge in [-0.2, -0.15) is 9.05 Å². The third kappa shape index (κ3) is 14.4. The van der Waals surface area contributed by atoms with E-state index in [4.69, 9.17) is 45.9 Å². The van der Waals surface area contributed by atoms with Crippen LogP contribution in [0, 0.1) is 0 Å². The van der Waals surface area contributed by atoms with Gasteiger partial charge < -0.3 is 23.3 Å². The lowest BCUT2D eigenvalue weighted by Gasteiger charge is -2.21. The minimum absolute atomic E-state index is 0.185. The molecule has 0 aliphatic heterocycles. The average molecular weight is 711 g/mol. The van der Waals surface area contributed by atoms with Crippen LogP contribution in [0.1, 0.15) is 56.7 Å². The lowest BCUT2D eigenvalue weighted by atomic mass is 10.2. The largest absolute Gasteiger partial charge is 0.605 e. The Hall–Kier alpha value is -2.26. The molecule has 0 spiro atoms. The van der Waals surface area contributed by atoms with Crippen LogP contribution in [0.5, 0.6) is 17.2 Å². The molecule has 0 saturated heterocycles. The molecule has 3 atom stereocenters. The average Bonchev–Trinajstić information content (AvgIpc) is 3.12. The molecular weight excluding hydrogens is 661 g/mol. The second kappa shape index (κ2) is 22.4. The highest BCUT2D eigenvalue weighted by Crippen LogP contribution is 2.68. The monoisotopic (exact) mass is 710 g/mol. The highest BCUT2D eigenvalue weighted by Gasteiger charge is 2.55. The lowest BCUT2D eigenvalue weighted by molar-refractivity contribution is 0.206. The van der Waals surface area contributed by atoms with Crippen molar-refractivity contribution in [3.05, 3.63) is 89.5 Å². The highest BCUT2D eigenvalue weighted by atomic mass is 31.3. The van der Waals surface area contributed by atoms with Crippen LogP contribution < -0.4 is 19.1 Å². The lowest BCUT2D eigenvalue weighted by Crippen LogP contribution is -2.18. The van der Waals surface area contributed by atoms with Crippen molar-refractivity contribution in [2.75, 3.05) is 41.2 Å². The number of ether oxygens (including phenoxy) is 3. The zero-order chi connectivity index (χ0) is 33.7. The van der Waals surface area contributed by atoms with Gasteiger partial charge in [-0.3, -0.25) is 0 Å². The Kier molecular flexibility index (Phi) is 18.7. The van der Waals surface area contributed by atoms with Gasteiger partial charge in [-0.25, -0.2) is 0 Å². The molecule has 0 aliphatic carbocycles. The topological polar surface area (TPSA) is 107 Å². The maximum absolute atomic E-state index is 6.64. The maximum Gasteiger partial charge on any atom is 0.605 e. The number of rotatable bonds is 24. The normalized spacial score (nSPS) is 13.6. The van der Waals surface area contributed by atoms with Crippen molar-refractivity contribution in [1.29, 1.82) is 0 Å². The third-order valence-electron chi connectivity index (χ3n) is 6.19. The summed E-state index contributed by atoms with van der Waals surface area (Å²) in [5, 5.41) is 0. The summed E-state index contributed by atoms with van der Waals surface area (Å²) in [6.45, 7) is 8.12. The predicted molar refractivity (Wildman–Crippen MR) is 188 cm³/mol. The van der Waals surface area contributed by atoms with Crippen molar-refractivity contribution in [2.24, 2.45) is 4.52 Å². The molecule has 3 aromatic carbocycles. The van der Waals surface area contributed by atoms with Gasteiger partial charge in [0.15, 0.2) is 0 Å². The second-order valence-electron chi connectivity index (χ2n) is 10.1. The summed E-state index contributed by atoms with van der Waals surface area (Å²) in [4.78, 5) is 3.45. The first kappa shape index (κ1) is 39.2. The summed E-state index contributed by atoms with van der Waals surface area (Å²) in [5.74, 6) is 2.21. The van der Waals surface area contributed by atoms with Crippen molar-refractivity contribution < 1.29 is 41.4 Å². The highest BCUT2D eigenvalue weighted by molar-refractivity contribution is 7.74. The van der Waals surface area contributed by atoms with Gasteiger partial charge in [0.1, 0.15) is 37.1 Å². The fraction of sp³-hybridized carbons (Fsp3) is 0.455. The Morgan fingerprint density at radius 2 is 1.15 bits per heavy atom. The van der Waals surface area contributed by atoms with Crippen LogP contribution in [-0.4, -0.2) is 41.2 Å². The van der Waals surface area contributed by atoms with Gasteiger partial charge in [0.2, 0.25) is 4.52 Å². The maximum atomic E-state index is 6.64. The standard InChI is InChI=1S/C33H49N2O9P3/c1-7-19-39-45(41-25-28-13-10-16-31(22-28)36-4)34-47(43-21-9-3,44-27-30-15-12-18-33(24-30)38-6)35-46(40-20-8-2)42-26-29-14-11-17-32(23-29)37-5/h10-18,22-24,34H,7-9,19-21,25-27H2,1-6H3/q+2. The molecule has 0 aromatic heterocycles. The molecule has 258 valence electrons. The van der Waals surface area contributed by atoms with Crippen molar-refractivity contribution >= 4 is 24.7 Å². The molecule has 1 N–H and O–H groups in total. The molecule has 3 rings (SSSR count). The molecule has 3 unspecified atom stereocenters. The van der Waals surface area contributed by atoms with Gasteiger partial charge in [0.05, 0.1) is 41.2 Å². The Labute approximate surface area is 282 Å². The molecule has 47 heavy (non-hydrogen) atoms. The molecule has 0 radical (unpaired) electrons. The molecule has 0 saturated carbocycles. The Morgan fingerprint density at radius 1 is 0.617 bits per heavy atom. The zero-order valence-corrected chi connectivity index (χ0v) is 30.9. The summed E-state index contributed by atoms with van der Waals surface area (Å²) in [5.41, 5.74) is 2.74. The van der Waals surface area contributed by atoms with Crippen LogP contribution in [-0.2, 0) is 47.0 Å². The fourth-order valence-corrected chi connectivity index (χ4v) is 9.88. The van der Waals surface area contributed by atoms with Crippen LogP contribution in [0.25, 0.3) is 0 Å². The van der Waals surface area contributed by atoms with Crippen LogP contribution in [0.2, 0.25) is 0 Å². The molecule has 0 aliphatic rings. The molecule has 3 aromatic rings. The molecular formula is C33H49N2O9P3+2. The van der Waals surface area contributed by atoms with Gasteiger partial charge in [0.25, 0.3) is 8.53 Å². The third-order valence-corrected chi connectivity index (χ3v) is 11.9. The van der Waals surface area contributed by atoms with E-state index in [0.717, 1.165) is 53.2 Å². The Balaban J connectivity index is 1.99. The fourth-order valence-electron chi connectivity index (χ4n) is 3.82. The number of benzene rings is 3. The SMILES string of the molecule is CCCOP(N[P+](N=[P+](OCCC)OCc1cccc(OC)c1)(OCCC)OCc1cccc(OC)c1)OCc1cccc(OC)c1.